The summed E-state index contributed by atoms with van der Waals surface area (Å²) < 4.78 is 0. The number of carboxylic acid groups (broad SMARTS) is 1. The summed E-state index contributed by atoms with van der Waals surface area (Å²) in [6.45, 7) is -0.0141. The number of Topliss-reactive ketones (excluding diaryl/α,β-unsaturated/α-hetero) is 1. The third-order valence-corrected chi connectivity index (χ3v) is 6.13. The van der Waals surface area contributed by atoms with E-state index in [1.54, 1.807) is 78.9 Å². The molecule has 3 aromatic carbocycles. The molecule has 1 aliphatic heterocycles. The summed E-state index contributed by atoms with van der Waals surface area (Å²) in [5.41, 5.74) is 1.69. The van der Waals surface area contributed by atoms with Crippen LogP contribution in [0.1, 0.15) is 35.1 Å². The highest BCUT2D eigenvalue weighted by Crippen LogP contribution is 2.41. The predicted octanol–water partition coefficient (Wildman–Crippen LogP) is 5.02. The van der Waals surface area contributed by atoms with Crippen LogP contribution < -0.4 is 0 Å². The van der Waals surface area contributed by atoms with E-state index in [1.807, 2.05) is 6.07 Å². The number of halogens is 1. The molecule has 1 heterocycles. The number of likely N-dealkylation sites (tertiary alicyclic amines) is 1. The Bertz CT molecular complexity index is 1240. The Morgan fingerprint density at radius 1 is 0.882 bits per heavy atom. The number of hydrogen-bond donors (Lipinski definition) is 2. The second kappa shape index (κ2) is 9.93. The van der Waals surface area contributed by atoms with Gasteiger partial charge in [0, 0.05) is 23.0 Å². The quantitative estimate of drug-likeness (QED) is 0.284. The van der Waals surface area contributed by atoms with Crippen molar-refractivity contribution in [3.05, 3.63) is 112 Å². The lowest BCUT2D eigenvalue weighted by atomic mass is 9.92. The van der Waals surface area contributed by atoms with Crippen LogP contribution in [0.2, 0.25) is 5.02 Å². The van der Waals surface area contributed by atoms with Crippen LogP contribution in [-0.2, 0) is 14.4 Å². The molecule has 1 aliphatic rings. The summed E-state index contributed by atoms with van der Waals surface area (Å²) in [4.78, 5) is 39.3. The van der Waals surface area contributed by atoms with Gasteiger partial charge in [-0.3, -0.25) is 14.4 Å². The highest BCUT2D eigenvalue weighted by atomic mass is 35.5. The average Bonchev–Trinajstić information content (AvgIpc) is 3.09. The standard InChI is InChI=1S/C27H22ClNO5/c28-21-13-11-18(12-14-21)24-23(25(32)19-9-5-2-6-10-19)26(33)27(34)29(24)16-20(15-22(30)31)17-7-3-1-4-8-17/h1-14,20,24,32H,15-16H2,(H,30,31)/t20-,24+/m0/s1. The topological polar surface area (TPSA) is 94.9 Å². The lowest BCUT2D eigenvalue weighted by molar-refractivity contribution is -0.141. The number of amides is 1. The van der Waals surface area contributed by atoms with Crippen molar-refractivity contribution < 1.29 is 24.6 Å². The first-order chi connectivity index (χ1) is 16.4. The van der Waals surface area contributed by atoms with E-state index in [0.29, 0.717) is 16.1 Å². The van der Waals surface area contributed by atoms with Crippen LogP contribution >= 0.6 is 11.6 Å². The van der Waals surface area contributed by atoms with E-state index < -0.39 is 29.6 Å². The second-order valence-corrected chi connectivity index (χ2v) is 8.51. The zero-order chi connectivity index (χ0) is 24.2. The number of aliphatic hydroxyl groups excluding tert-OH is 1. The monoisotopic (exact) mass is 475 g/mol. The molecule has 1 amide bonds. The summed E-state index contributed by atoms with van der Waals surface area (Å²) in [5.74, 6) is -3.45. The molecule has 6 nitrogen and oxygen atoms in total. The highest BCUT2D eigenvalue weighted by molar-refractivity contribution is 6.46. The first-order valence-electron chi connectivity index (χ1n) is 10.7. The Morgan fingerprint density at radius 2 is 1.47 bits per heavy atom. The number of hydrogen-bond acceptors (Lipinski definition) is 4. The van der Waals surface area contributed by atoms with Gasteiger partial charge in [0.05, 0.1) is 18.0 Å². The van der Waals surface area contributed by atoms with Crippen molar-refractivity contribution in [3.8, 4) is 0 Å². The Kier molecular flexibility index (Phi) is 6.80. The number of carboxylic acids is 1. The molecule has 2 N–H and O–H groups in total. The summed E-state index contributed by atoms with van der Waals surface area (Å²) in [7, 11) is 0. The molecule has 1 fully saturated rings. The van der Waals surface area contributed by atoms with Gasteiger partial charge in [0.1, 0.15) is 5.76 Å². The number of carbonyl (C=O) groups is 3. The molecule has 0 unspecified atom stereocenters. The molecule has 0 aliphatic carbocycles. The van der Waals surface area contributed by atoms with Crippen molar-refractivity contribution in [2.45, 2.75) is 18.4 Å². The van der Waals surface area contributed by atoms with Gasteiger partial charge in [0.15, 0.2) is 0 Å². The van der Waals surface area contributed by atoms with Crippen LogP contribution in [0.25, 0.3) is 5.76 Å². The highest BCUT2D eigenvalue weighted by Gasteiger charge is 2.46. The number of benzene rings is 3. The molecule has 7 heteroatoms. The van der Waals surface area contributed by atoms with Gasteiger partial charge in [-0.15, -0.1) is 0 Å². The van der Waals surface area contributed by atoms with Gasteiger partial charge < -0.3 is 15.1 Å². The molecule has 0 radical (unpaired) electrons. The number of ketones is 1. The minimum absolute atomic E-state index is 0.0141. The lowest BCUT2D eigenvalue weighted by Crippen LogP contribution is -2.34. The second-order valence-electron chi connectivity index (χ2n) is 8.07. The van der Waals surface area contributed by atoms with Crippen molar-refractivity contribution in [1.29, 1.82) is 0 Å². The van der Waals surface area contributed by atoms with Gasteiger partial charge in [0.25, 0.3) is 11.7 Å². The number of aliphatic carboxylic acids is 1. The predicted molar refractivity (Wildman–Crippen MR) is 128 cm³/mol. The van der Waals surface area contributed by atoms with E-state index in [0.717, 1.165) is 5.56 Å². The van der Waals surface area contributed by atoms with E-state index in [4.69, 9.17) is 11.6 Å². The molecular weight excluding hydrogens is 454 g/mol. The van der Waals surface area contributed by atoms with Crippen LogP contribution in [0.15, 0.2) is 90.5 Å². The van der Waals surface area contributed by atoms with Gasteiger partial charge in [0.2, 0.25) is 0 Å². The summed E-state index contributed by atoms with van der Waals surface area (Å²) in [6, 6.07) is 23.3. The molecule has 34 heavy (non-hydrogen) atoms. The Morgan fingerprint density at radius 3 is 2.06 bits per heavy atom. The Labute approximate surface area is 201 Å². The first-order valence-corrected chi connectivity index (χ1v) is 11.1. The van der Waals surface area contributed by atoms with Gasteiger partial charge in [-0.25, -0.2) is 0 Å². The maximum Gasteiger partial charge on any atom is 0.304 e. The maximum atomic E-state index is 13.2. The number of aliphatic hydroxyl groups is 1. The zero-order valence-electron chi connectivity index (χ0n) is 18.1. The molecule has 0 saturated carbocycles. The normalized spacial score (nSPS) is 18.1. The molecule has 2 atom stereocenters. The van der Waals surface area contributed by atoms with Gasteiger partial charge in [-0.1, -0.05) is 84.4 Å². The van der Waals surface area contributed by atoms with E-state index in [-0.39, 0.29) is 24.3 Å². The molecule has 0 spiro atoms. The fourth-order valence-electron chi connectivity index (χ4n) is 4.27. The molecule has 0 bridgehead atoms. The molecule has 0 aromatic heterocycles. The van der Waals surface area contributed by atoms with Crippen molar-refractivity contribution >= 4 is 35.0 Å². The van der Waals surface area contributed by atoms with E-state index in [1.165, 1.54) is 4.90 Å². The fraction of sp³-hybridized carbons (Fsp3) is 0.148. The van der Waals surface area contributed by atoms with Crippen LogP contribution in [-0.4, -0.2) is 39.3 Å². The van der Waals surface area contributed by atoms with Crippen molar-refractivity contribution in [3.63, 3.8) is 0 Å². The van der Waals surface area contributed by atoms with Crippen LogP contribution in [0, 0.1) is 0 Å². The van der Waals surface area contributed by atoms with E-state index >= 15 is 0 Å². The van der Waals surface area contributed by atoms with Gasteiger partial charge in [-0.2, -0.15) is 0 Å². The maximum absolute atomic E-state index is 13.2. The van der Waals surface area contributed by atoms with E-state index in [9.17, 15) is 24.6 Å². The first kappa shape index (κ1) is 23.3. The number of carbonyl (C=O) groups excluding carboxylic acids is 2. The SMILES string of the molecule is O=C(O)C[C@@H](CN1C(=O)C(=O)C(=C(O)c2ccccc2)[C@H]1c1ccc(Cl)cc1)c1ccccc1. The molecule has 3 aromatic rings. The van der Waals surface area contributed by atoms with Crippen LogP contribution in [0.4, 0.5) is 0 Å². The molecule has 1 saturated heterocycles. The van der Waals surface area contributed by atoms with Crippen LogP contribution in [0.5, 0.6) is 0 Å². The molecular formula is C27H22ClNO5. The minimum Gasteiger partial charge on any atom is -0.507 e. The number of rotatable bonds is 7. The third kappa shape index (κ3) is 4.72. The van der Waals surface area contributed by atoms with Gasteiger partial charge >= 0.3 is 5.97 Å². The van der Waals surface area contributed by atoms with E-state index in [2.05, 4.69) is 0 Å². The fourth-order valence-corrected chi connectivity index (χ4v) is 4.40. The smallest absolute Gasteiger partial charge is 0.304 e. The number of nitrogens with zero attached hydrogens (tertiary/aromatic N) is 1. The summed E-state index contributed by atoms with van der Waals surface area (Å²) >= 11 is 6.05. The lowest BCUT2D eigenvalue weighted by Gasteiger charge is -2.29. The average molecular weight is 476 g/mol. The third-order valence-electron chi connectivity index (χ3n) is 5.88. The van der Waals surface area contributed by atoms with Crippen molar-refractivity contribution in [2.24, 2.45) is 0 Å². The molecule has 4 rings (SSSR count). The van der Waals surface area contributed by atoms with Gasteiger partial charge in [-0.05, 0) is 23.3 Å². The van der Waals surface area contributed by atoms with Crippen molar-refractivity contribution in [2.75, 3.05) is 6.54 Å². The Hall–Kier alpha value is -3.90. The zero-order valence-corrected chi connectivity index (χ0v) is 18.9. The molecule has 172 valence electrons. The van der Waals surface area contributed by atoms with Crippen molar-refractivity contribution in [1.82, 2.24) is 4.90 Å². The van der Waals surface area contributed by atoms with Crippen LogP contribution in [0.3, 0.4) is 0 Å². The minimum atomic E-state index is -1.02. The largest absolute Gasteiger partial charge is 0.507 e. The Balaban J connectivity index is 1.83. The summed E-state index contributed by atoms with van der Waals surface area (Å²) in [6.07, 6.45) is -0.223. The summed E-state index contributed by atoms with van der Waals surface area (Å²) in [5, 5.41) is 21.1.